The van der Waals surface area contributed by atoms with E-state index in [0.717, 1.165) is 0 Å². The molecule has 0 radical (unpaired) electrons. The first kappa shape index (κ1) is 21.9. The summed E-state index contributed by atoms with van der Waals surface area (Å²) >= 11 is 50.1. The van der Waals surface area contributed by atoms with Gasteiger partial charge in [0.15, 0.2) is 23.5 Å². The Labute approximate surface area is 196 Å². The molecular formula is C16H10Cl8N3+. The first-order valence-electron chi connectivity index (χ1n) is 7.43. The van der Waals surface area contributed by atoms with Crippen LogP contribution >= 0.6 is 92.8 Å². The summed E-state index contributed by atoms with van der Waals surface area (Å²) in [6.07, 6.45) is 0. The smallest absolute Gasteiger partial charge is 0.126 e. The fourth-order valence-electron chi connectivity index (χ4n) is 2.74. The number of anilines is 1. The maximum absolute atomic E-state index is 6.39. The van der Waals surface area contributed by atoms with E-state index in [-0.39, 0.29) is 11.8 Å². The van der Waals surface area contributed by atoms with E-state index in [4.69, 9.17) is 92.8 Å². The van der Waals surface area contributed by atoms with Crippen LogP contribution in [-0.2, 0) is 0 Å². The Hall–Kier alpha value is 0.160. The first-order valence-corrected chi connectivity index (χ1v) is 10.8. The van der Waals surface area contributed by atoms with Gasteiger partial charge in [-0.2, -0.15) is 0 Å². The Morgan fingerprint density at radius 2 is 1.26 bits per heavy atom. The minimum atomic E-state index is -0.809. The quantitative estimate of drug-likeness (QED) is 0.289. The van der Waals surface area contributed by atoms with Crippen LogP contribution in [0.3, 0.4) is 0 Å². The van der Waals surface area contributed by atoms with Gasteiger partial charge < -0.3 is 0 Å². The molecule has 0 aromatic heterocycles. The normalized spacial score (nSPS) is 16.0. The van der Waals surface area contributed by atoms with E-state index in [2.05, 4.69) is 5.22 Å². The van der Waals surface area contributed by atoms with Crippen LogP contribution in [0.5, 0.6) is 0 Å². The number of hydrogen-bond donors (Lipinski definition) is 0. The van der Waals surface area contributed by atoms with Gasteiger partial charge in [-0.3, -0.25) is 0 Å². The average Bonchev–Trinajstić information content (AvgIpc) is 2.92. The molecule has 144 valence electrons. The topological polar surface area (TPSA) is 18.6 Å². The third-order valence-electron chi connectivity index (χ3n) is 4.02. The SMILES string of the molecule is ClCC1(CCl)C[N+](c2c(Cl)cc(Cl)cc2Cl)=NN1c1c(Cl)cc(Cl)cc1Cl. The van der Waals surface area contributed by atoms with E-state index in [1.165, 1.54) is 0 Å². The van der Waals surface area contributed by atoms with Crippen LogP contribution in [-0.4, -0.2) is 28.5 Å². The lowest BCUT2D eigenvalue weighted by Crippen LogP contribution is -2.50. The zero-order valence-electron chi connectivity index (χ0n) is 13.3. The molecule has 0 N–H and O–H groups in total. The molecule has 1 heterocycles. The summed E-state index contributed by atoms with van der Waals surface area (Å²) in [7, 11) is 0. The van der Waals surface area contributed by atoms with E-state index in [1.807, 2.05) is 0 Å². The highest BCUT2D eigenvalue weighted by Crippen LogP contribution is 2.45. The summed E-state index contributed by atoms with van der Waals surface area (Å²) in [6.45, 7) is 0.302. The molecule has 1 aliphatic rings. The van der Waals surface area contributed by atoms with Gasteiger partial charge in [-0.05, 0) is 24.3 Å². The highest BCUT2D eigenvalue weighted by molar-refractivity contribution is 6.42. The van der Waals surface area contributed by atoms with Crippen molar-refractivity contribution in [2.24, 2.45) is 5.22 Å². The van der Waals surface area contributed by atoms with Crippen molar-refractivity contribution in [2.75, 3.05) is 23.3 Å². The van der Waals surface area contributed by atoms with Crippen molar-refractivity contribution in [1.82, 2.24) is 0 Å². The lowest BCUT2D eigenvalue weighted by atomic mass is 10.0. The van der Waals surface area contributed by atoms with Gasteiger partial charge in [0.1, 0.15) is 0 Å². The minimum Gasteiger partial charge on any atom is -0.126 e. The number of nitrogens with zero attached hydrogens (tertiary/aromatic N) is 3. The molecule has 0 unspecified atom stereocenters. The Kier molecular flexibility index (Phi) is 6.87. The highest BCUT2D eigenvalue weighted by Gasteiger charge is 2.53. The van der Waals surface area contributed by atoms with Gasteiger partial charge in [0, 0.05) is 10.0 Å². The summed E-state index contributed by atoms with van der Waals surface area (Å²) in [4.78, 5) is 0. The van der Waals surface area contributed by atoms with Crippen molar-refractivity contribution in [1.29, 1.82) is 0 Å². The minimum absolute atomic E-state index is 0.147. The van der Waals surface area contributed by atoms with Gasteiger partial charge in [0.2, 0.25) is 0 Å². The van der Waals surface area contributed by atoms with E-state index in [0.29, 0.717) is 48.1 Å². The molecule has 3 rings (SSSR count). The van der Waals surface area contributed by atoms with Gasteiger partial charge in [-0.25, -0.2) is 0 Å². The molecule has 0 aliphatic carbocycles. The van der Waals surface area contributed by atoms with Crippen molar-refractivity contribution in [3.63, 3.8) is 0 Å². The third-order valence-corrected chi connectivity index (χ3v) is 6.61. The van der Waals surface area contributed by atoms with Crippen LogP contribution in [0.4, 0.5) is 11.4 Å². The molecule has 0 saturated carbocycles. The summed E-state index contributed by atoms with van der Waals surface area (Å²) in [5, 5.41) is 8.30. The molecule has 2 aromatic rings. The van der Waals surface area contributed by atoms with Gasteiger partial charge in [-0.15, -0.1) is 32.9 Å². The van der Waals surface area contributed by atoms with E-state index >= 15 is 0 Å². The number of hydrogen-bond acceptors (Lipinski definition) is 2. The second-order valence-electron chi connectivity index (χ2n) is 5.89. The average molecular weight is 528 g/mol. The molecule has 0 atom stereocenters. The van der Waals surface area contributed by atoms with E-state index in [1.54, 1.807) is 34.0 Å². The molecule has 27 heavy (non-hydrogen) atoms. The van der Waals surface area contributed by atoms with Crippen LogP contribution in [0.25, 0.3) is 0 Å². The summed E-state index contributed by atoms with van der Waals surface area (Å²) < 4.78 is 1.60. The molecule has 0 saturated heterocycles. The summed E-state index contributed by atoms with van der Waals surface area (Å²) in [6, 6.07) is 6.29. The van der Waals surface area contributed by atoms with E-state index in [9.17, 15) is 0 Å². The maximum Gasteiger partial charge on any atom is 0.200 e. The third kappa shape index (κ3) is 4.08. The molecule has 0 amide bonds. The summed E-state index contributed by atoms with van der Waals surface area (Å²) in [5.74, 6) is 0.295. The van der Waals surface area contributed by atoms with Crippen molar-refractivity contribution >= 4 is 104 Å². The fourth-order valence-corrected chi connectivity index (χ4v) is 5.41. The Bertz CT molecular complexity index is 880. The van der Waals surface area contributed by atoms with Crippen molar-refractivity contribution in [2.45, 2.75) is 5.54 Å². The molecule has 2 aromatic carbocycles. The largest absolute Gasteiger partial charge is 0.200 e. The van der Waals surface area contributed by atoms with Gasteiger partial charge in [0.25, 0.3) is 0 Å². The van der Waals surface area contributed by atoms with Crippen LogP contribution in [0, 0.1) is 0 Å². The van der Waals surface area contributed by atoms with Crippen molar-refractivity contribution in [3.8, 4) is 0 Å². The summed E-state index contributed by atoms with van der Waals surface area (Å²) in [5.41, 5.74) is 0.107. The maximum atomic E-state index is 6.39. The van der Waals surface area contributed by atoms with Gasteiger partial charge in [-0.1, -0.05) is 69.6 Å². The monoisotopic (exact) mass is 524 g/mol. The van der Waals surface area contributed by atoms with Crippen LogP contribution in [0.15, 0.2) is 29.5 Å². The standard InChI is InChI=1S/C16H10Cl8N3/c17-5-16(6-18)7-26(14-10(21)1-8(19)2-11(14)22)25-27(16)15-12(23)3-9(20)4-13(15)24/h1-4H,5-7H2/q+1. The van der Waals surface area contributed by atoms with Crippen LogP contribution in [0.1, 0.15) is 0 Å². The molecule has 0 fully saturated rings. The molecule has 3 nitrogen and oxygen atoms in total. The van der Waals surface area contributed by atoms with Gasteiger partial charge in [0.05, 0.1) is 37.1 Å². The van der Waals surface area contributed by atoms with Crippen LogP contribution < -0.4 is 5.01 Å². The Morgan fingerprint density at radius 3 is 1.70 bits per heavy atom. The molecule has 1 aliphatic heterocycles. The number of rotatable bonds is 4. The zero-order chi connectivity index (χ0) is 19.9. The first-order chi connectivity index (χ1) is 12.7. The Balaban J connectivity index is 2.20. The Morgan fingerprint density at radius 1 is 0.815 bits per heavy atom. The number of halogens is 8. The molecular weight excluding hydrogens is 518 g/mol. The highest BCUT2D eigenvalue weighted by atomic mass is 35.5. The van der Waals surface area contributed by atoms with Crippen molar-refractivity contribution < 1.29 is 4.70 Å². The lowest BCUT2D eigenvalue weighted by Gasteiger charge is -2.26. The fraction of sp³-hybridized carbons (Fsp3) is 0.250. The molecule has 0 spiro atoms. The van der Waals surface area contributed by atoms with E-state index < -0.39 is 5.54 Å². The van der Waals surface area contributed by atoms with Crippen molar-refractivity contribution in [3.05, 3.63) is 54.4 Å². The number of alkyl halides is 2. The van der Waals surface area contributed by atoms with Gasteiger partial charge >= 0.3 is 0 Å². The van der Waals surface area contributed by atoms with Crippen LogP contribution in [0.2, 0.25) is 30.1 Å². The predicted molar refractivity (Wildman–Crippen MR) is 117 cm³/mol. The number of benzene rings is 2. The lowest BCUT2D eigenvalue weighted by molar-refractivity contribution is -0.501. The molecule has 11 heteroatoms. The molecule has 0 bridgehead atoms. The zero-order valence-corrected chi connectivity index (χ0v) is 19.3. The second-order valence-corrected chi connectivity index (χ2v) is 8.92. The predicted octanol–water partition coefficient (Wildman–Crippen LogP) is 8.35. The second kappa shape index (κ2) is 8.49.